The average Bonchev–Trinajstić information content (AvgIpc) is 3.12. The highest BCUT2D eigenvalue weighted by atomic mass is 32.1. The molecule has 0 spiro atoms. The summed E-state index contributed by atoms with van der Waals surface area (Å²) in [6, 6.07) is 14.8. The molecule has 0 N–H and O–H groups in total. The summed E-state index contributed by atoms with van der Waals surface area (Å²) in [5.74, 6) is 1.52. The lowest BCUT2D eigenvalue weighted by Crippen LogP contribution is -2.28. The molecule has 0 amide bonds. The van der Waals surface area contributed by atoms with Gasteiger partial charge in [0.2, 0.25) is 4.96 Å². The van der Waals surface area contributed by atoms with Crippen molar-refractivity contribution in [2.75, 3.05) is 6.61 Å². The average molecular weight is 460 g/mol. The molecule has 0 bridgehead atoms. The van der Waals surface area contributed by atoms with E-state index in [2.05, 4.69) is 10.1 Å². The minimum absolute atomic E-state index is 0.124. The molecule has 1 aliphatic heterocycles. The van der Waals surface area contributed by atoms with E-state index in [4.69, 9.17) is 9.47 Å². The van der Waals surface area contributed by atoms with Crippen molar-refractivity contribution in [3.8, 4) is 22.8 Å². The first-order valence-electron chi connectivity index (χ1n) is 10.7. The molecule has 1 aliphatic rings. The number of fused-ring (bicyclic) bond motifs is 2. The second-order valence-corrected chi connectivity index (χ2v) is 8.70. The van der Waals surface area contributed by atoms with Gasteiger partial charge >= 0.3 is 5.56 Å². The van der Waals surface area contributed by atoms with Crippen molar-refractivity contribution in [2.24, 2.45) is 0 Å². The Morgan fingerprint density at radius 1 is 1.15 bits per heavy atom. The molecule has 7 nitrogen and oxygen atoms in total. The molecule has 0 saturated carbocycles. The Morgan fingerprint density at radius 2 is 1.94 bits per heavy atom. The number of benzene rings is 2. The van der Waals surface area contributed by atoms with Crippen LogP contribution in [-0.4, -0.2) is 27.3 Å². The van der Waals surface area contributed by atoms with Crippen LogP contribution < -0.4 is 25.1 Å². The van der Waals surface area contributed by atoms with E-state index in [0.29, 0.717) is 22.5 Å². The molecule has 3 heterocycles. The quantitative estimate of drug-likeness (QED) is 0.455. The van der Waals surface area contributed by atoms with Gasteiger partial charge < -0.3 is 9.47 Å². The van der Waals surface area contributed by atoms with Gasteiger partial charge in [0.15, 0.2) is 5.69 Å². The van der Waals surface area contributed by atoms with Crippen molar-refractivity contribution in [3.63, 3.8) is 0 Å². The lowest BCUT2D eigenvalue weighted by molar-refractivity contribution is 0.259. The van der Waals surface area contributed by atoms with E-state index in [0.717, 1.165) is 34.6 Å². The Kier molecular flexibility index (Phi) is 5.51. The highest BCUT2D eigenvalue weighted by molar-refractivity contribution is 7.15. The molecule has 0 fully saturated rings. The Morgan fingerprint density at radius 3 is 2.73 bits per heavy atom. The van der Waals surface area contributed by atoms with E-state index in [1.807, 2.05) is 44.2 Å². The zero-order valence-electron chi connectivity index (χ0n) is 18.1. The zero-order valence-corrected chi connectivity index (χ0v) is 19.0. The zero-order chi connectivity index (χ0) is 22.9. The van der Waals surface area contributed by atoms with E-state index in [1.54, 1.807) is 30.3 Å². The van der Waals surface area contributed by atoms with Crippen molar-refractivity contribution < 1.29 is 9.47 Å². The van der Waals surface area contributed by atoms with Crippen LogP contribution in [0.2, 0.25) is 0 Å². The maximum Gasteiger partial charge on any atom is 0.300 e. The number of hydrogen-bond donors (Lipinski definition) is 0. The van der Waals surface area contributed by atoms with Crippen LogP contribution >= 0.6 is 11.3 Å². The van der Waals surface area contributed by atoms with E-state index >= 15 is 0 Å². The minimum atomic E-state index is -0.479. The number of para-hydroxylation sites is 1. The van der Waals surface area contributed by atoms with Gasteiger partial charge in [-0.25, -0.2) is 0 Å². The van der Waals surface area contributed by atoms with Crippen LogP contribution in [0.5, 0.6) is 11.5 Å². The van der Waals surface area contributed by atoms with E-state index in [1.165, 1.54) is 4.52 Å². The SMILES string of the molecule is CCCOc1ccc(-c2nn3c(=O)/c(=C\C4=Cc5ccccc5OC4C)sc3nc2=O)cc1. The Balaban J connectivity index is 1.56. The number of thiazole rings is 1. The van der Waals surface area contributed by atoms with Gasteiger partial charge in [-0.05, 0) is 61.4 Å². The summed E-state index contributed by atoms with van der Waals surface area (Å²) in [5.41, 5.74) is 1.72. The first-order valence-corrected chi connectivity index (χ1v) is 11.5. The fourth-order valence-corrected chi connectivity index (χ4v) is 4.50. The maximum absolute atomic E-state index is 13.1. The van der Waals surface area contributed by atoms with E-state index < -0.39 is 5.56 Å². The molecule has 5 rings (SSSR count). The lowest BCUT2D eigenvalue weighted by Gasteiger charge is -2.22. The smallest absolute Gasteiger partial charge is 0.300 e. The number of ether oxygens (including phenoxy) is 2. The van der Waals surface area contributed by atoms with Crippen molar-refractivity contribution >= 4 is 28.4 Å². The first-order chi connectivity index (χ1) is 16.0. The fourth-order valence-electron chi connectivity index (χ4n) is 3.59. The van der Waals surface area contributed by atoms with Gasteiger partial charge in [0, 0.05) is 11.1 Å². The van der Waals surface area contributed by atoms with E-state index in [9.17, 15) is 9.59 Å². The summed E-state index contributed by atoms with van der Waals surface area (Å²) in [5, 5.41) is 4.33. The monoisotopic (exact) mass is 459 g/mol. The van der Waals surface area contributed by atoms with Crippen molar-refractivity contribution in [3.05, 3.63) is 84.9 Å². The molecular formula is C25H21N3O4S. The largest absolute Gasteiger partial charge is 0.494 e. The highest BCUT2D eigenvalue weighted by Crippen LogP contribution is 2.29. The van der Waals surface area contributed by atoms with Crippen molar-refractivity contribution in [2.45, 2.75) is 26.4 Å². The molecular weight excluding hydrogens is 438 g/mol. The van der Waals surface area contributed by atoms with Gasteiger partial charge in [0.05, 0.1) is 11.1 Å². The molecule has 0 radical (unpaired) electrons. The fraction of sp³-hybridized carbons (Fsp3) is 0.200. The van der Waals surface area contributed by atoms with Gasteiger partial charge in [-0.1, -0.05) is 36.5 Å². The van der Waals surface area contributed by atoms with Gasteiger partial charge in [0.1, 0.15) is 17.6 Å². The molecule has 33 heavy (non-hydrogen) atoms. The van der Waals surface area contributed by atoms with Crippen LogP contribution in [0.1, 0.15) is 25.8 Å². The molecule has 2 aromatic heterocycles. The van der Waals surface area contributed by atoms with Crippen LogP contribution in [0.3, 0.4) is 0 Å². The summed E-state index contributed by atoms with van der Waals surface area (Å²) < 4.78 is 13.2. The van der Waals surface area contributed by atoms with Crippen LogP contribution in [-0.2, 0) is 0 Å². The molecule has 0 saturated heterocycles. The molecule has 0 aliphatic carbocycles. The van der Waals surface area contributed by atoms with Crippen LogP contribution in [0, 0.1) is 0 Å². The van der Waals surface area contributed by atoms with Gasteiger partial charge in [-0.2, -0.15) is 14.6 Å². The minimum Gasteiger partial charge on any atom is -0.494 e. The predicted molar refractivity (Wildman–Crippen MR) is 129 cm³/mol. The van der Waals surface area contributed by atoms with Crippen molar-refractivity contribution in [1.82, 2.24) is 14.6 Å². The summed E-state index contributed by atoms with van der Waals surface area (Å²) in [6.07, 6.45) is 4.48. The van der Waals surface area contributed by atoms with Crippen LogP contribution in [0.15, 0.2) is 63.7 Å². The summed E-state index contributed by atoms with van der Waals surface area (Å²) >= 11 is 1.14. The second-order valence-electron chi connectivity index (χ2n) is 7.69. The van der Waals surface area contributed by atoms with Gasteiger partial charge in [-0.15, -0.1) is 0 Å². The number of nitrogens with zero attached hydrogens (tertiary/aromatic N) is 3. The van der Waals surface area contributed by atoms with Gasteiger partial charge in [-0.3, -0.25) is 9.59 Å². The normalized spacial score (nSPS) is 15.8. The molecule has 4 aromatic rings. The van der Waals surface area contributed by atoms with E-state index in [-0.39, 0.29) is 22.3 Å². The van der Waals surface area contributed by atoms with Crippen molar-refractivity contribution in [1.29, 1.82) is 0 Å². The third-order valence-corrected chi connectivity index (χ3v) is 6.26. The molecule has 8 heteroatoms. The standard InChI is InChI=1S/C25H21N3O4S/c1-3-12-31-19-10-8-16(9-11-19)22-23(29)26-25-28(27-22)24(30)21(33-25)14-18-13-17-6-4-5-7-20(17)32-15(18)2/h4-11,13-15H,3,12H2,1-2H3/b21-14+. The number of rotatable bonds is 5. The Labute approximate surface area is 193 Å². The summed E-state index contributed by atoms with van der Waals surface area (Å²) in [4.78, 5) is 30.1. The Bertz CT molecular complexity index is 1540. The molecule has 166 valence electrons. The lowest BCUT2D eigenvalue weighted by atomic mass is 10.0. The Hall–Kier alpha value is -3.78. The van der Waals surface area contributed by atoms with Crippen LogP contribution in [0.25, 0.3) is 28.4 Å². The highest BCUT2D eigenvalue weighted by Gasteiger charge is 2.18. The third kappa shape index (κ3) is 4.05. The summed E-state index contributed by atoms with van der Waals surface area (Å²) in [6.45, 7) is 4.58. The summed E-state index contributed by atoms with van der Waals surface area (Å²) in [7, 11) is 0. The van der Waals surface area contributed by atoms with Gasteiger partial charge in [0.25, 0.3) is 5.56 Å². The third-order valence-electron chi connectivity index (χ3n) is 5.30. The first kappa shape index (κ1) is 21.1. The number of aromatic nitrogens is 3. The maximum atomic E-state index is 13.1. The second kappa shape index (κ2) is 8.63. The number of hydrogen-bond acceptors (Lipinski definition) is 7. The topological polar surface area (TPSA) is 82.8 Å². The predicted octanol–water partition coefficient (Wildman–Crippen LogP) is 3.33. The molecule has 2 aromatic carbocycles. The van der Waals surface area contributed by atoms with Crippen LogP contribution in [0.4, 0.5) is 0 Å². The molecule has 1 atom stereocenters. The molecule has 1 unspecified atom stereocenters.